The minimum absolute atomic E-state index is 0.0121. The molecule has 7 nitrogen and oxygen atoms in total. The highest BCUT2D eigenvalue weighted by atomic mass is 35.5. The molecule has 12 heteroatoms. The van der Waals surface area contributed by atoms with Crippen LogP contribution in [0.15, 0.2) is 113 Å². The molecule has 5 aromatic rings. The first kappa shape index (κ1) is 32.3. The van der Waals surface area contributed by atoms with Gasteiger partial charge in [0.25, 0.3) is 11.8 Å². The normalized spacial score (nSPS) is 11.1. The van der Waals surface area contributed by atoms with E-state index in [4.69, 9.17) is 34.8 Å². The van der Waals surface area contributed by atoms with E-state index in [9.17, 15) is 14.4 Å². The monoisotopic (exact) mass is 692 g/mol. The minimum Gasteiger partial charge on any atom is -0.321 e. The summed E-state index contributed by atoms with van der Waals surface area (Å²) in [4.78, 5) is 44.2. The van der Waals surface area contributed by atoms with Crippen molar-refractivity contribution in [3.63, 3.8) is 0 Å². The Labute approximate surface area is 282 Å². The standard InChI is InChI=1S/C33H23Cl3N4O3S2/c34-25-12-5-4-9-21(25)16-28(38-31(42)20-7-2-1-3-8-20)32(43)37-23-10-6-11-24(17-23)44-19-30(41)40-33-39-29(18-45-33)22-13-14-26(35)27(36)15-22/h1-18H,19H2,(H,37,43)(H,38,42)(H,39,40,41)/b28-16+. The quantitative estimate of drug-likeness (QED) is 0.100. The second kappa shape index (κ2) is 15.2. The zero-order chi connectivity index (χ0) is 31.8. The molecular formula is C33H23Cl3N4O3S2. The lowest BCUT2D eigenvalue weighted by molar-refractivity contribution is -0.114. The van der Waals surface area contributed by atoms with Crippen LogP contribution in [-0.4, -0.2) is 28.5 Å². The highest BCUT2D eigenvalue weighted by Crippen LogP contribution is 2.31. The number of hydrogen-bond donors (Lipinski definition) is 3. The van der Waals surface area contributed by atoms with E-state index in [1.807, 2.05) is 17.5 Å². The van der Waals surface area contributed by atoms with Crippen molar-refractivity contribution in [1.29, 1.82) is 0 Å². The topological polar surface area (TPSA) is 100 Å². The van der Waals surface area contributed by atoms with Crippen LogP contribution in [0.25, 0.3) is 17.3 Å². The molecule has 226 valence electrons. The van der Waals surface area contributed by atoms with Gasteiger partial charge in [-0.3, -0.25) is 14.4 Å². The van der Waals surface area contributed by atoms with Crippen LogP contribution in [-0.2, 0) is 9.59 Å². The lowest BCUT2D eigenvalue weighted by atomic mass is 10.1. The number of halogens is 3. The van der Waals surface area contributed by atoms with E-state index in [-0.39, 0.29) is 17.4 Å². The van der Waals surface area contributed by atoms with Gasteiger partial charge in [-0.2, -0.15) is 0 Å². The molecule has 3 amide bonds. The molecule has 1 aromatic heterocycles. The fourth-order valence-electron chi connectivity index (χ4n) is 3.98. The number of benzene rings is 4. The molecule has 3 N–H and O–H groups in total. The van der Waals surface area contributed by atoms with Crippen LogP contribution in [0.5, 0.6) is 0 Å². The number of carbonyl (C=O) groups excluding carboxylic acids is 3. The van der Waals surface area contributed by atoms with E-state index in [1.54, 1.807) is 84.9 Å². The number of anilines is 2. The molecule has 0 aliphatic rings. The van der Waals surface area contributed by atoms with Crippen molar-refractivity contribution in [3.05, 3.63) is 134 Å². The van der Waals surface area contributed by atoms with Crippen LogP contribution < -0.4 is 16.0 Å². The molecule has 45 heavy (non-hydrogen) atoms. The number of amides is 3. The minimum atomic E-state index is -0.541. The number of nitrogens with zero attached hydrogens (tertiary/aromatic N) is 1. The Morgan fingerprint density at radius 2 is 1.58 bits per heavy atom. The van der Waals surface area contributed by atoms with Crippen LogP contribution in [0.1, 0.15) is 15.9 Å². The molecule has 0 bridgehead atoms. The summed E-state index contributed by atoms with van der Waals surface area (Å²) in [5.41, 5.74) is 2.92. The number of thiazole rings is 1. The largest absolute Gasteiger partial charge is 0.321 e. The van der Waals surface area contributed by atoms with Crippen molar-refractivity contribution >= 4 is 92.5 Å². The molecular weight excluding hydrogens is 671 g/mol. The van der Waals surface area contributed by atoms with Crippen molar-refractivity contribution in [2.75, 3.05) is 16.4 Å². The number of thioether (sulfide) groups is 1. The summed E-state index contributed by atoms with van der Waals surface area (Å²) >= 11 is 21.0. The van der Waals surface area contributed by atoms with Crippen molar-refractivity contribution in [2.45, 2.75) is 4.90 Å². The summed E-state index contributed by atoms with van der Waals surface area (Å²) in [6.45, 7) is 0. The highest BCUT2D eigenvalue weighted by molar-refractivity contribution is 8.00. The van der Waals surface area contributed by atoms with Gasteiger partial charge in [0.15, 0.2) is 5.13 Å². The second-order valence-electron chi connectivity index (χ2n) is 9.39. The Morgan fingerprint density at radius 3 is 2.36 bits per heavy atom. The maximum absolute atomic E-state index is 13.4. The Hall–Kier alpha value is -4.12. The lowest BCUT2D eigenvalue weighted by Gasteiger charge is -2.12. The molecule has 4 aromatic carbocycles. The first-order valence-corrected chi connectivity index (χ1v) is 16.3. The average Bonchev–Trinajstić information content (AvgIpc) is 3.51. The maximum Gasteiger partial charge on any atom is 0.272 e. The molecule has 5 rings (SSSR count). The molecule has 0 atom stereocenters. The smallest absolute Gasteiger partial charge is 0.272 e. The predicted molar refractivity (Wildman–Crippen MR) is 185 cm³/mol. The summed E-state index contributed by atoms with van der Waals surface area (Å²) in [5.74, 6) is -1.11. The van der Waals surface area contributed by atoms with Crippen molar-refractivity contribution in [2.24, 2.45) is 0 Å². The lowest BCUT2D eigenvalue weighted by Crippen LogP contribution is -2.30. The second-order valence-corrected chi connectivity index (χ2v) is 12.5. The summed E-state index contributed by atoms with van der Waals surface area (Å²) in [6, 6.07) is 27.9. The van der Waals surface area contributed by atoms with E-state index in [2.05, 4.69) is 20.9 Å². The number of nitrogens with one attached hydrogen (secondary N) is 3. The van der Waals surface area contributed by atoms with Crippen molar-refractivity contribution in [3.8, 4) is 11.3 Å². The van der Waals surface area contributed by atoms with Gasteiger partial charge >= 0.3 is 0 Å². The van der Waals surface area contributed by atoms with Gasteiger partial charge in [-0.15, -0.1) is 23.1 Å². The van der Waals surface area contributed by atoms with Crippen molar-refractivity contribution < 1.29 is 14.4 Å². The first-order chi connectivity index (χ1) is 21.7. The fourth-order valence-corrected chi connectivity index (χ4v) is 5.95. The third-order valence-corrected chi connectivity index (χ3v) is 9.00. The van der Waals surface area contributed by atoms with Gasteiger partial charge < -0.3 is 16.0 Å². The van der Waals surface area contributed by atoms with E-state index in [0.717, 1.165) is 10.5 Å². The van der Waals surface area contributed by atoms with Crippen molar-refractivity contribution in [1.82, 2.24) is 10.3 Å². The number of hydrogen-bond acceptors (Lipinski definition) is 6. The Balaban J connectivity index is 1.23. The molecule has 0 aliphatic heterocycles. The molecule has 1 heterocycles. The predicted octanol–water partition coefficient (Wildman–Crippen LogP) is 8.91. The third kappa shape index (κ3) is 8.97. The van der Waals surface area contributed by atoms with Crippen LogP contribution in [0.4, 0.5) is 10.8 Å². The SMILES string of the molecule is O=C(CSc1cccc(NC(=O)/C(=C\c2ccccc2Cl)NC(=O)c2ccccc2)c1)Nc1nc(-c2ccc(Cl)c(Cl)c2)cs1. The molecule has 0 spiro atoms. The number of rotatable bonds is 10. The first-order valence-electron chi connectivity index (χ1n) is 13.3. The maximum atomic E-state index is 13.4. The Morgan fingerprint density at radius 1 is 0.800 bits per heavy atom. The van der Waals surface area contributed by atoms with Gasteiger partial charge in [-0.1, -0.05) is 83.3 Å². The summed E-state index contributed by atoms with van der Waals surface area (Å²) in [5, 5.41) is 11.9. The Bertz CT molecular complexity index is 1900. The average molecular weight is 694 g/mol. The third-order valence-electron chi connectivity index (χ3n) is 6.16. The summed E-state index contributed by atoms with van der Waals surface area (Å²) in [7, 11) is 0. The van der Waals surface area contributed by atoms with Gasteiger partial charge in [-0.25, -0.2) is 4.98 Å². The van der Waals surface area contributed by atoms with Gasteiger partial charge in [0, 0.05) is 32.1 Å². The van der Waals surface area contributed by atoms with Crippen LogP contribution >= 0.6 is 57.9 Å². The molecule has 0 saturated carbocycles. The van der Waals surface area contributed by atoms with Crippen LogP contribution in [0.2, 0.25) is 15.1 Å². The van der Waals surface area contributed by atoms with Crippen LogP contribution in [0, 0.1) is 0 Å². The summed E-state index contributed by atoms with van der Waals surface area (Å²) < 4.78 is 0. The molecule has 0 aliphatic carbocycles. The van der Waals surface area contributed by atoms with E-state index in [0.29, 0.717) is 42.7 Å². The molecule has 0 radical (unpaired) electrons. The zero-order valence-corrected chi connectivity index (χ0v) is 27.1. The molecule has 0 fully saturated rings. The van der Waals surface area contributed by atoms with Gasteiger partial charge in [0.2, 0.25) is 5.91 Å². The zero-order valence-electron chi connectivity index (χ0n) is 23.2. The van der Waals surface area contributed by atoms with Gasteiger partial charge in [0.05, 0.1) is 21.5 Å². The molecule has 0 saturated heterocycles. The fraction of sp³-hybridized carbons (Fsp3) is 0.0303. The van der Waals surface area contributed by atoms with E-state index >= 15 is 0 Å². The number of aromatic nitrogens is 1. The van der Waals surface area contributed by atoms with Crippen LogP contribution in [0.3, 0.4) is 0 Å². The number of carbonyl (C=O) groups is 3. The Kier molecular flexibility index (Phi) is 10.9. The molecule has 0 unspecified atom stereocenters. The van der Waals surface area contributed by atoms with Gasteiger partial charge in [-0.05, 0) is 60.2 Å². The van der Waals surface area contributed by atoms with E-state index < -0.39 is 11.8 Å². The van der Waals surface area contributed by atoms with E-state index in [1.165, 1.54) is 29.2 Å². The highest BCUT2D eigenvalue weighted by Gasteiger charge is 2.16. The van der Waals surface area contributed by atoms with Gasteiger partial charge in [0.1, 0.15) is 5.70 Å². The summed E-state index contributed by atoms with van der Waals surface area (Å²) in [6.07, 6.45) is 1.52.